The largest absolute Gasteiger partial charge is 0.656 e. The van der Waals surface area contributed by atoms with E-state index < -0.39 is 18.0 Å². The molecule has 0 aromatic heterocycles. The Hall–Kier alpha value is 0.342. The van der Waals surface area contributed by atoms with Crippen LogP contribution in [-0.4, -0.2) is 31.2 Å². The number of hydrogen-bond donors (Lipinski definition) is 0. The number of hydrogen-bond acceptors (Lipinski definition) is 4. The van der Waals surface area contributed by atoms with Crippen LogP contribution in [0.15, 0.2) is 0 Å². The van der Waals surface area contributed by atoms with Crippen LogP contribution in [0.2, 0.25) is 0 Å². The van der Waals surface area contributed by atoms with Crippen molar-refractivity contribution in [1.29, 1.82) is 0 Å². The smallest absolute Gasteiger partial charge is 0.298 e. The molecule has 0 atom stereocenters. The fourth-order valence-electron chi connectivity index (χ4n) is 0.547. The summed E-state index contributed by atoms with van der Waals surface area (Å²) in [4.78, 5) is 21.5. The van der Waals surface area contributed by atoms with Crippen LogP contribution in [0.4, 0.5) is 0 Å². The Morgan fingerprint density at radius 3 is 1.69 bits per heavy atom. The molecule has 0 rings (SSSR count). The monoisotopic (exact) mass is 401 g/mol. The van der Waals surface area contributed by atoms with Gasteiger partial charge < -0.3 is 15.2 Å². The molecule has 73 valence electrons. The molecule has 6 heteroatoms. The van der Waals surface area contributed by atoms with Crippen LogP contribution in [0.1, 0.15) is 13.8 Å². The molecule has 0 saturated carbocycles. The second-order valence-corrected chi connectivity index (χ2v) is 1.94. The normalized spacial score (nSPS) is 8.92. The SMILES string of the molecule is CCOC(=O)C([NH-])C(=O)OCC.[Ac]. The number of rotatable bonds is 4. The Morgan fingerprint density at radius 1 is 1.15 bits per heavy atom. The Bertz CT molecular complexity index is 156. The van der Waals surface area contributed by atoms with Crippen LogP contribution in [-0.2, 0) is 19.1 Å². The van der Waals surface area contributed by atoms with Crippen LogP contribution >= 0.6 is 0 Å². The first-order valence-corrected chi connectivity index (χ1v) is 3.67. The van der Waals surface area contributed by atoms with E-state index in [0.717, 1.165) is 0 Å². The van der Waals surface area contributed by atoms with Crippen molar-refractivity contribution in [2.75, 3.05) is 13.2 Å². The van der Waals surface area contributed by atoms with Crippen LogP contribution in [0.5, 0.6) is 0 Å². The average molecular weight is 401 g/mol. The topological polar surface area (TPSA) is 76.4 Å². The Kier molecular flexibility index (Phi) is 10.8. The predicted octanol–water partition coefficient (Wildman–Crippen LogP) is 0.533. The molecule has 0 saturated heterocycles. The van der Waals surface area contributed by atoms with E-state index in [1.54, 1.807) is 13.8 Å². The molecule has 0 fully saturated rings. The maximum Gasteiger partial charge on any atom is 0.298 e. The molecule has 0 unspecified atom stereocenters. The van der Waals surface area contributed by atoms with Crippen molar-refractivity contribution in [3.05, 3.63) is 5.73 Å². The van der Waals surface area contributed by atoms with Gasteiger partial charge in [-0.2, -0.15) is 0 Å². The molecule has 0 aliphatic carbocycles. The summed E-state index contributed by atoms with van der Waals surface area (Å²) in [6.07, 6.45) is 0. The minimum Gasteiger partial charge on any atom is -0.656 e. The third-order valence-corrected chi connectivity index (χ3v) is 1.04. The molecule has 5 nitrogen and oxygen atoms in total. The number of esters is 2. The van der Waals surface area contributed by atoms with Crippen LogP contribution in [0.3, 0.4) is 0 Å². The van der Waals surface area contributed by atoms with Gasteiger partial charge in [-0.05, 0) is 13.8 Å². The quantitative estimate of drug-likeness (QED) is 0.509. The van der Waals surface area contributed by atoms with Gasteiger partial charge in [0.1, 0.15) is 0 Å². The van der Waals surface area contributed by atoms with Crippen LogP contribution in [0.25, 0.3) is 5.73 Å². The van der Waals surface area contributed by atoms with Crippen molar-refractivity contribution >= 4 is 11.9 Å². The second-order valence-electron chi connectivity index (χ2n) is 1.94. The van der Waals surface area contributed by atoms with Crippen molar-refractivity contribution < 1.29 is 63.1 Å². The van der Waals surface area contributed by atoms with Gasteiger partial charge >= 0.3 is 0 Å². The van der Waals surface area contributed by atoms with Crippen molar-refractivity contribution in [1.82, 2.24) is 0 Å². The summed E-state index contributed by atoms with van der Waals surface area (Å²) in [6.45, 7) is 3.53. The van der Waals surface area contributed by atoms with Crippen molar-refractivity contribution in [3.63, 3.8) is 0 Å². The number of nitrogens with one attached hydrogen (secondary N) is 1. The van der Waals surface area contributed by atoms with Gasteiger partial charge in [0.05, 0.1) is 19.3 Å². The van der Waals surface area contributed by atoms with E-state index in [9.17, 15) is 9.59 Å². The molecule has 1 radical (unpaired) electrons. The fraction of sp³-hybridized carbons (Fsp3) is 0.714. The van der Waals surface area contributed by atoms with E-state index in [1.807, 2.05) is 0 Å². The van der Waals surface area contributed by atoms with E-state index >= 15 is 0 Å². The molecule has 0 aromatic rings. The summed E-state index contributed by atoms with van der Waals surface area (Å²) in [5.41, 5.74) is 7.04. The zero-order valence-corrected chi connectivity index (χ0v) is 12.4. The Balaban J connectivity index is 0. The summed E-state index contributed by atoms with van der Waals surface area (Å²) >= 11 is 0. The summed E-state index contributed by atoms with van der Waals surface area (Å²) in [5, 5.41) is 0. The number of carbonyl (C=O) groups excluding carboxylic acids is 2. The van der Waals surface area contributed by atoms with Crippen molar-refractivity contribution in [2.24, 2.45) is 0 Å². The van der Waals surface area contributed by atoms with Crippen LogP contribution < -0.4 is 0 Å². The maximum atomic E-state index is 10.7. The van der Waals surface area contributed by atoms with E-state index in [1.165, 1.54) is 0 Å². The van der Waals surface area contributed by atoms with Crippen LogP contribution in [0, 0.1) is 44.1 Å². The van der Waals surface area contributed by atoms with Gasteiger partial charge in [-0.3, -0.25) is 9.59 Å². The first kappa shape index (κ1) is 15.8. The molecule has 1 N–H and O–H groups in total. The molecular weight excluding hydrogens is 389 g/mol. The zero-order chi connectivity index (χ0) is 9.56. The minimum absolute atomic E-state index is 0. The summed E-state index contributed by atoms with van der Waals surface area (Å²) < 4.78 is 8.89. The first-order chi connectivity index (χ1) is 5.63. The molecular formula is C7H12AcNO4-. The second kappa shape index (κ2) is 8.92. The average Bonchev–Trinajstić information content (AvgIpc) is 2.04. The maximum absolute atomic E-state index is 10.7. The van der Waals surface area contributed by atoms with Gasteiger partial charge in [-0.15, -0.1) is 0 Å². The van der Waals surface area contributed by atoms with Crippen molar-refractivity contribution in [3.8, 4) is 0 Å². The number of ether oxygens (including phenoxy) is 2. The first-order valence-electron chi connectivity index (χ1n) is 3.67. The number of carbonyl (C=O) groups is 2. The summed E-state index contributed by atoms with van der Waals surface area (Å²) in [7, 11) is 0. The molecule has 0 aromatic carbocycles. The summed E-state index contributed by atoms with van der Waals surface area (Å²) in [5.74, 6) is -1.73. The van der Waals surface area contributed by atoms with E-state index in [4.69, 9.17) is 5.73 Å². The standard InChI is InChI=1S/C7H12NO4.Ac/c1-3-11-6(9)5(8)7(10)12-4-2;/h5,8H,3-4H2,1-2H3;/q-1;. The molecule has 0 aliphatic rings. The summed E-state index contributed by atoms with van der Waals surface area (Å²) in [6, 6.07) is -1.56. The van der Waals surface area contributed by atoms with E-state index in [0.29, 0.717) is 0 Å². The third-order valence-electron chi connectivity index (χ3n) is 1.04. The van der Waals surface area contributed by atoms with E-state index in [2.05, 4.69) is 9.47 Å². The zero-order valence-electron chi connectivity index (χ0n) is 7.70. The Labute approximate surface area is 113 Å². The molecule has 0 amide bonds. The van der Waals surface area contributed by atoms with Gasteiger partial charge in [-0.25, -0.2) is 0 Å². The molecule has 0 bridgehead atoms. The molecule has 0 aliphatic heterocycles. The molecule has 0 heterocycles. The van der Waals surface area contributed by atoms with Crippen molar-refractivity contribution in [2.45, 2.75) is 19.9 Å². The Morgan fingerprint density at radius 2 is 1.46 bits per heavy atom. The molecule has 13 heavy (non-hydrogen) atoms. The van der Waals surface area contributed by atoms with E-state index in [-0.39, 0.29) is 57.3 Å². The minimum atomic E-state index is -1.56. The third kappa shape index (κ3) is 6.42. The van der Waals surface area contributed by atoms with Gasteiger partial charge in [0, 0.05) is 44.1 Å². The van der Waals surface area contributed by atoms with Gasteiger partial charge in [0.25, 0.3) is 11.9 Å². The predicted molar refractivity (Wildman–Crippen MR) is 41.4 cm³/mol. The van der Waals surface area contributed by atoms with Gasteiger partial charge in [0.2, 0.25) is 0 Å². The molecule has 0 spiro atoms. The van der Waals surface area contributed by atoms with Gasteiger partial charge in [0.15, 0.2) is 0 Å². The fourth-order valence-corrected chi connectivity index (χ4v) is 0.547. The van der Waals surface area contributed by atoms with Gasteiger partial charge in [-0.1, -0.05) is 0 Å².